The van der Waals surface area contributed by atoms with Crippen molar-refractivity contribution in [3.8, 4) is 11.3 Å². The number of nitrogens with one attached hydrogen (secondary N) is 1. The van der Waals surface area contributed by atoms with E-state index in [2.05, 4.69) is 44.0 Å². The van der Waals surface area contributed by atoms with Crippen LogP contribution >= 0.6 is 11.8 Å². The molecule has 1 aromatic carbocycles. The van der Waals surface area contributed by atoms with Crippen molar-refractivity contribution in [3.63, 3.8) is 0 Å². The van der Waals surface area contributed by atoms with Crippen molar-refractivity contribution in [1.82, 2.24) is 9.97 Å². The van der Waals surface area contributed by atoms with Crippen LogP contribution in [-0.2, 0) is 11.8 Å². The van der Waals surface area contributed by atoms with E-state index in [0.717, 1.165) is 40.6 Å². The van der Waals surface area contributed by atoms with Crippen LogP contribution in [0.4, 0.5) is 0 Å². The number of rotatable bonds is 3. The van der Waals surface area contributed by atoms with E-state index < -0.39 is 0 Å². The van der Waals surface area contributed by atoms with Gasteiger partial charge in [0.1, 0.15) is 0 Å². The molecule has 1 aliphatic carbocycles. The molecule has 3 rings (SSSR count). The molecule has 1 atom stereocenters. The van der Waals surface area contributed by atoms with Gasteiger partial charge in [0.05, 0.1) is 5.69 Å². The number of hydrogen-bond acceptors (Lipinski definition) is 3. The van der Waals surface area contributed by atoms with E-state index in [1.165, 1.54) is 5.56 Å². The quantitative estimate of drug-likeness (QED) is 0.693. The molecule has 3 nitrogen and oxygen atoms in total. The number of nitrogens with zero attached hydrogens (tertiary/aromatic N) is 1. The monoisotopic (exact) mass is 300 g/mol. The highest BCUT2D eigenvalue weighted by molar-refractivity contribution is 7.99. The van der Waals surface area contributed by atoms with Gasteiger partial charge in [-0.15, -0.1) is 0 Å². The summed E-state index contributed by atoms with van der Waals surface area (Å²) in [5.74, 6) is 0.897. The first kappa shape index (κ1) is 14.4. The SMILES string of the molecule is CCSc1nc2c(c(=O)[nH]1)[C@](C)(CC)Cc1ccccc1-2. The fraction of sp³-hybridized carbons (Fsp3) is 0.412. The van der Waals surface area contributed by atoms with Gasteiger partial charge in [0.2, 0.25) is 0 Å². The number of benzene rings is 1. The first-order chi connectivity index (χ1) is 10.1. The third-order valence-corrected chi connectivity index (χ3v) is 5.17. The summed E-state index contributed by atoms with van der Waals surface area (Å²) in [4.78, 5) is 20.3. The normalized spacial score (nSPS) is 20.0. The number of fused-ring (bicyclic) bond motifs is 3. The van der Waals surface area contributed by atoms with E-state index >= 15 is 0 Å². The Morgan fingerprint density at radius 2 is 2.10 bits per heavy atom. The van der Waals surface area contributed by atoms with Crippen LogP contribution < -0.4 is 5.56 Å². The molecule has 1 aliphatic rings. The molecule has 0 saturated carbocycles. The Morgan fingerprint density at radius 3 is 2.81 bits per heavy atom. The van der Waals surface area contributed by atoms with Crippen LogP contribution in [0.25, 0.3) is 11.3 Å². The Bertz CT molecular complexity index is 738. The van der Waals surface area contributed by atoms with Gasteiger partial charge < -0.3 is 4.98 Å². The predicted molar refractivity (Wildman–Crippen MR) is 88.0 cm³/mol. The molecule has 110 valence electrons. The van der Waals surface area contributed by atoms with Crippen LogP contribution in [0.2, 0.25) is 0 Å². The molecule has 0 radical (unpaired) electrons. The summed E-state index contributed by atoms with van der Waals surface area (Å²) >= 11 is 1.58. The van der Waals surface area contributed by atoms with Crippen LogP contribution in [0.1, 0.15) is 38.3 Å². The van der Waals surface area contributed by atoms with Gasteiger partial charge in [-0.1, -0.05) is 56.8 Å². The Balaban J connectivity index is 2.32. The summed E-state index contributed by atoms with van der Waals surface area (Å²) in [7, 11) is 0. The number of H-pyrrole nitrogens is 1. The van der Waals surface area contributed by atoms with Gasteiger partial charge in [0, 0.05) is 16.5 Å². The van der Waals surface area contributed by atoms with Gasteiger partial charge in [-0.05, 0) is 24.2 Å². The zero-order chi connectivity index (χ0) is 15.0. The van der Waals surface area contributed by atoms with Gasteiger partial charge in [0.25, 0.3) is 5.56 Å². The third kappa shape index (κ3) is 2.31. The zero-order valence-corrected chi connectivity index (χ0v) is 13.5. The molecule has 0 unspecified atom stereocenters. The maximum atomic E-state index is 12.6. The first-order valence-corrected chi connectivity index (χ1v) is 8.43. The van der Waals surface area contributed by atoms with Crippen molar-refractivity contribution in [2.75, 3.05) is 5.75 Å². The smallest absolute Gasteiger partial charge is 0.255 e. The zero-order valence-electron chi connectivity index (χ0n) is 12.7. The molecule has 2 aromatic rings. The second kappa shape index (κ2) is 5.34. The lowest BCUT2D eigenvalue weighted by molar-refractivity contribution is 0.439. The van der Waals surface area contributed by atoms with Crippen molar-refractivity contribution in [2.24, 2.45) is 0 Å². The number of aromatic amines is 1. The molecule has 0 amide bonds. The van der Waals surface area contributed by atoms with E-state index in [4.69, 9.17) is 4.98 Å². The molecule has 0 bridgehead atoms. The lowest BCUT2D eigenvalue weighted by atomic mass is 9.69. The summed E-state index contributed by atoms with van der Waals surface area (Å²) in [6.45, 7) is 6.38. The predicted octanol–water partition coefficient (Wildman–Crippen LogP) is 3.77. The molecular formula is C17H20N2OS. The minimum absolute atomic E-state index is 0.0230. The molecule has 0 aliphatic heterocycles. The summed E-state index contributed by atoms with van der Waals surface area (Å²) in [6, 6.07) is 8.32. The van der Waals surface area contributed by atoms with Crippen molar-refractivity contribution < 1.29 is 0 Å². The number of aromatic nitrogens is 2. The van der Waals surface area contributed by atoms with Gasteiger partial charge in [0.15, 0.2) is 5.16 Å². The minimum Gasteiger partial charge on any atom is -0.301 e. The highest BCUT2D eigenvalue weighted by atomic mass is 32.2. The molecule has 1 N–H and O–H groups in total. The van der Waals surface area contributed by atoms with Crippen molar-refractivity contribution >= 4 is 11.8 Å². The fourth-order valence-corrected chi connectivity index (χ4v) is 3.72. The molecule has 1 aromatic heterocycles. The van der Waals surface area contributed by atoms with Crippen molar-refractivity contribution in [2.45, 2.75) is 44.2 Å². The Labute approximate surface area is 129 Å². The molecule has 4 heteroatoms. The minimum atomic E-state index is -0.139. The van der Waals surface area contributed by atoms with Crippen LogP contribution in [0, 0.1) is 0 Å². The van der Waals surface area contributed by atoms with Gasteiger partial charge in [-0.25, -0.2) is 4.98 Å². The topological polar surface area (TPSA) is 45.8 Å². The Kier molecular flexibility index (Phi) is 3.66. The molecule has 0 fully saturated rings. The second-order valence-electron chi connectivity index (χ2n) is 5.78. The summed E-state index contributed by atoms with van der Waals surface area (Å²) in [5.41, 5.74) is 4.02. The van der Waals surface area contributed by atoms with E-state index in [0.29, 0.717) is 0 Å². The van der Waals surface area contributed by atoms with E-state index in [1.807, 2.05) is 6.07 Å². The molecule has 21 heavy (non-hydrogen) atoms. The highest BCUT2D eigenvalue weighted by Gasteiger charge is 2.37. The largest absolute Gasteiger partial charge is 0.301 e. The fourth-order valence-electron chi connectivity index (χ4n) is 3.13. The standard InChI is InChI=1S/C17H20N2OS/c1-4-17(3)10-11-8-6-7-9-12(11)14-13(17)15(20)19-16(18-14)21-5-2/h6-9H,4-5,10H2,1-3H3,(H,18,19,20)/t17-/m1/s1. The number of hydrogen-bond donors (Lipinski definition) is 1. The first-order valence-electron chi connectivity index (χ1n) is 7.45. The van der Waals surface area contributed by atoms with E-state index in [1.54, 1.807) is 11.8 Å². The molecular weight excluding hydrogens is 280 g/mol. The maximum Gasteiger partial charge on any atom is 0.255 e. The lowest BCUT2D eigenvalue weighted by Gasteiger charge is -2.34. The third-order valence-electron chi connectivity index (χ3n) is 4.42. The second-order valence-corrected chi connectivity index (χ2v) is 7.03. The van der Waals surface area contributed by atoms with Gasteiger partial charge in [-0.3, -0.25) is 4.79 Å². The highest BCUT2D eigenvalue weighted by Crippen LogP contribution is 2.42. The molecule has 0 saturated heterocycles. The average molecular weight is 300 g/mol. The van der Waals surface area contributed by atoms with Gasteiger partial charge in [-0.2, -0.15) is 0 Å². The molecule has 1 heterocycles. The Hall–Kier alpha value is -1.55. The summed E-state index contributed by atoms with van der Waals surface area (Å²) < 4.78 is 0. The van der Waals surface area contributed by atoms with Gasteiger partial charge >= 0.3 is 0 Å². The van der Waals surface area contributed by atoms with Crippen LogP contribution in [0.5, 0.6) is 0 Å². The lowest BCUT2D eigenvalue weighted by Crippen LogP contribution is -2.36. The van der Waals surface area contributed by atoms with Crippen LogP contribution in [0.3, 0.4) is 0 Å². The number of thioether (sulfide) groups is 1. The summed E-state index contributed by atoms with van der Waals surface area (Å²) in [5, 5.41) is 0.719. The Morgan fingerprint density at radius 1 is 1.33 bits per heavy atom. The van der Waals surface area contributed by atoms with Crippen molar-refractivity contribution in [1.29, 1.82) is 0 Å². The summed E-state index contributed by atoms with van der Waals surface area (Å²) in [6.07, 6.45) is 1.83. The van der Waals surface area contributed by atoms with E-state index in [9.17, 15) is 4.79 Å². The van der Waals surface area contributed by atoms with Crippen molar-refractivity contribution in [3.05, 3.63) is 45.7 Å². The van der Waals surface area contributed by atoms with Crippen LogP contribution in [-0.4, -0.2) is 15.7 Å². The molecule has 0 spiro atoms. The maximum absolute atomic E-state index is 12.6. The van der Waals surface area contributed by atoms with E-state index in [-0.39, 0.29) is 11.0 Å². The average Bonchev–Trinajstić information content (AvgIpc) is 2.47. The van der Waals surface area contributed by atoms with Crippen LogP contribution in [0.15, 0.2) is 34.2 Å².